The second-order valence-electron chi connectivity index (χ2n) is 5.27. The molecule has 2 atom stereocenters. The van der Waals surface area contributed by atoms with E-state index in [1.54, 1.807) is 11.0 Å². The summed E-state index contributed by atoms with van der Waals surface area (Å²) in [5, 5.41) is 8.39. The first-order chi connectivity index (χ1) is 11.3. The van der Waals surface area contributed by atoms with E-state index in [4.69, 9.17) is 0 Å². The van der Waals surface area contributed by atoms with Gasteiger partial charge in [-0.05, 0) is 5.56 Å². The number of carbonyl (C=O) groups excluding carboxylic acids is 1. The maximum absolute atomic E-state index is 13.0. The molecule has 0 aliphatic carbocycles. The highest BCUT2D eigenvalue weighted by molar-refractivity contribution is 8.00. The van der Waals surface area contributed by atoms with Crippen LogP contribution in [-0.2, 0) is 0 Å². The first kappa shape index (κ1) is 14.0. The molecule has 2 aromatic carbocycles. The molecule has 0 spiro atoms. The van der Waals surface area contributed by atoms with Gasteiger partial charge < -0.3 is 5.43 Å². The molecule has 0 saturated carbocycles. The van der Waals surface area contributed by atoms with Gasteiger partial charge in [-0.2, -0.15) is 0 Å². The summed E-state index contributed by atoms with van der Waals surface area (Å²) >= 11 is 1.45. The maximum atomic E-state index is 13.0. The lowest BCUT2D eigenvalue weighted by Crippen LogP contribution is -2.38. The SMILES string of the molecule is O=C(c1ccccc1)[C@@H]1Sc2nncn2N[C@H]1c1ccccc1. The van der Waals surface area contributed by atoms with Crippen LogP contribution >= 0.6 is 11.8 Å². The maximum Gasteiger partial charge on any atom is 0.210 e. The Hall–Kier alpha value is -2.60. The highest BCUT2D eigenvalue weighted by atomic mass is 32.2. The van der Waals surface area contributed by atoms with Crippen molar-refractivity contribution in [3.05, 3.63) is 78.1 Å². The number of thioether (sulfide) groups is 1. The van der Waals surface area contributed by atoms with E-state index in [2.05, 4.69) is 15.6 Å². The summed E-state index contributed by atoms with van der Waals surface area (Å²) in [5.41, 5.74) is 5.12. The zero-order valence-electron chi connectivity index (χ0n) is 12.2. The van der Waals surface area contributed by atoms with E-state index >= 15 is 0 Å². The van der Waals surface area contributed by atoms with E-state index in [1.807, 2.05) is 60.7 Å². The van der Waals surface area contributed by atoms with Gasteiger partial charge in [-0.3, -0.25) is 4.79 Å². The van der Waals surface area contributed by atoms with Crippen molar-refractivity contribution in [3.63, 3.8) is 0 Å². The molecule has 0 bridgehead atoms. The quantitative estimate of drug-likeness (QED) is 0.751. The van der Waals surface area contributed by atoms with Gasteiger partial charge in [-0.25, -0.2) is 4.68 Å². The van der Waals surface area contributed by atoms with Crippen molar-refractivity contribution in [2.45, 2.75) is 16.4 Å². The summed E-state index contributed by atoms with van der Waals surface area (Å²) in [5.74, 6) is 0.0891. The van der Waals surface area contributed by atoms with Gasteiger partial charge in [-0.1, -0.05) is 72.4 Å². The van der Waals surface area contributed by atoms with Crippen LogP contribution in [0.1, 0.15) is 22.0 Å². The van der Waals surface area contributed by atoms with E-state index in [-0.39, 0.29) is 17.1 Å². The molecule has 6 heteroatoms. The van der Waals surface area contributed by atoms with Crippen LogP contribution in [0.15, 0.2) is 72.1 Å². The summed E-state index contributed by atoms with van der Waals surface area (Å²) in [7, 11) is 0. The second kappa shape index (κ2) is 5.89. The Morgan fingerprint density at radius 2 is 1.74 bits per heavy atom. The average Bonchev–Trinajstić information content (AvgIpc) is 3.09. The molecule has 0 unspecified atom stereocenters. The molecule has 1 aliphatic heterocycles. The van der Waals surface area contributed by atoms with Gasteiger partial charge in [0.2, 0.25) is 5.16 Å². The number of hydrogen-bond acceptors (Lipinski definition) is 5. The van der Waals surface area contributed by atoms with Crippen LogP contribution < -0.4 is 5.43 Å². The molecule has 1 N–H and O–H groups in total. The van der Waals surface area contributed by atoms with Crippen molar-refractivity contribution >= 4 is 17.5 Å². The van der Waals surface area contributed by atoms with E-state index in [1.165, 1.54) is 11.8 Å². The fourth-order valence-corrected chi connectivity index (χ4v) is 3.81. The number of nitrogens with one attached hydrogen (secondary N) is 1. The lowest BCUT2D eigenvalue weighted by molar-refractivity contribution is 0.0980. The number of aromatic nitrogens is 3. The summed E-state index contributed by atoms with van der Waals surface area (Å²) in [6, 6.07) is 19.2. The first-order valence-electron chi connectivity index (χ1n) is 7.30. The summed E-state index contributed by atoms with van der Waals surface area (Å²) in [6.45, 7) is 0. The number of benzene rings is 2. The van der Waals surface area contributed by atoms with Gasteiger partial charge in [0.05, 0.1) is 6.04 Å². The van der Waals surface area contributed by atoms with Gasteiger partial charge in [0.1, 0.15) is 11.6 Å². The Bertz CT molecular complexity index is 819. The minimum Gasteiger partial charge on any atom is -0.313 e. The normalized spacial score (nSPS) is 19.7. The number of Topliss-reactive ketones (excluding diaryl/α,β-unsaturated/α-hetero) is 1. The first-order valence-corrected chi connectivity index (χ1v) is 8.18. The smallest absolute Gasteiger partial charge is 0.210 e. The predicted octanol–water partition coefficient (Wildman–Crippen LogP) is 2.92. The molecule has 1 aromatic heterocycles. The van der Waals surface area contributed by atoms with Gasteiger partial charge >= 0.3 is 0 Å². The molecule has 23 heavy (non-hydrogen) atoms. The predicted molar refractivity (Wildman–Crippen MR) is 89.0 cm³/mol. The fourth-order valence-electron chi connectivity index (χ4n) is 2.67. The minimum absolute atomic E-state index is 0.0891. The van der Waals surface area contributed by atoms with Crippen molar-refractivity contribution in [2.75, 3.05) is 5.43 Å². The van der Waals surface area contributed by atoms with Crippen LogP contribution in [0.4, 0.5) is 0 Å². The molecule has 4 rings (SSSR count). The van der Waals surface area contributed by atoms with Crippen molar-refractivity contribution < 1.29 is 4.79 Å². The van der Waals surface area contributed by atoms with Crippen LogP contribution in [0.25, 0.3) is 0 Å². The third-order valence-electron chi connectivity index (χ3n) is 3.81. The van der Waals surface area contributed by atoms with Crippen molar-refractivity contribution in [1.82, 2.24) is 14.9 Å². The molecule has 2 heterocycles. The highest BCUT2D eigenvalue weighted by Crippen LogP contribution is 2.37. The number of ketones is 1. The van der Waals surface area contributed by atoms with Crippen LogP contribution in [0, 0.1) is 0 Å². The molecule has 0 radical (unpaired) electrons. The lowest BCUT2D eigenvalue weighted by atomic mass is 9.97. The van der Waals surface area contributed by atoms with E-state index in [9.17, 15) is 4.79 Å². The largest absolute Gasteiger partial charge is 0.313 e. The fraction of sp³-hybridized carbons (Fsp3) is 0.118. The molecule has 0 saturated heterocycles. The van der Waals surface area contributed by atoms with E-state index in [0.29, 0.717) is 10.7 Å². The topological polar surface area (TPSA) is 59.8 Å². The van der Waals surface area contributed by atoms with Crippen LogP contribution in [-0.4, -0.2) is 25.9 Å². The number of fused-ring (bicyclic) bond motifs is 1. The average molecular weight is 322 g/mol. The molecular weight excluding hydrogens is 308 g/mol. The van der Waals surface area contributed by atoms with Crippen molar-refractivity contribution in [2.24, 2.45) is 0 Å². The Kier molecular flexibility index (Phi) is 3.59. The summed E-state index contributed by atoms with van der Waals surface area (Å²) < 4.78 is 1.77. The number of rotatable bonds is 3. The lowest BCUT2D eigenvalue weighted by Gasteiger charge is -2.32. The molecule has 114 valence electrons. The molecule has 5 nitrogen and oxygen atoms in total. The Morgan fingerprint density at radius 3 is 2.48 bits per heavy atom. The Morgan fingerprint density at radius 1 is 1.04 bits per heavy atom. The second-order valence-corrected chi connectivity index (χ2v) is 6.38. The molecule has 3 aromatic rings. The number of nitrogens with zero attached hydrogens (tertiary/aromatic N) is 3. The van der Waals surface area contributed by atoms with Gasteiger partial charge in [0.25, 0.3) is 0 Å². The molecular formula is C17H14N4OS. The molecule has 0 fully saturated rings. The van der Waals surface area contributed by atoms with Crippen molar-refractivity contribution in [1.29, 1.82) is 0 Å². The van der Waals surface area contributed by atoms with E-state index < -0.39 is 0 Å². The monoisotopic (exact) mass is 322 g/mol. The van der Waals surface area contributed by atoms with Crippen LogP contribution in [0.5, 0.6) is 0 Å². The molecule has 1 aliphatic rings. The summed E-state index contributed by atoms with van der Waals surface area (Å²) in [6.07, 6.45) is 1.63. The third-order valence-corrected chi connectivity index (χ3v) is 5.03. The zero-order valence-corrected chi connectivity index (χ0v) is 13.0. The highest BCUT2D eigenvalue weighted by Gasteiger charge is 2.36. The van der Waals surface area contributed by atoms with Crippen LogP contribution in [0.3, 0.4) is 0 Å². The van der Waals surface area contributed by atoms with Gasteiger partial charge in [-0.15, -0.1) is 10.2 Å². The van der Waals surface area contributed by atoms with Crippen molar-refractivity contribution in [3.8, 4) is 0 Å². The minimum atomic E-state index is -0.295. The van der Waals surface area contributed by atoms with Crippen LogP contribution in [0.2, 0.25) is 0 Å². The standard InChI is InChI=1S/C17H14N4OS/c22-15(13-9-5-2-6-10-13)16-14(12-7-3-1-4-8-12)20-21-11-18-19-17(21)23-16/h1-11,14,16,20H/t14-,16+/m0/s1. The van der Waals surface area contributed by atoms with E-state index in [0.717, 1.165) is 5.56 Å². The number of hydrogen-bond donors (Lipinski definition) is 1. The van der Waals surface area contributed by atoms with Gasteiger partial charge in [0.15, 0.2) is 5.78 Å². The summed E-state index contributed by atoms with van der Waals surface area (Å²) in [4.78, 5) is 13.0. The number of carbonyl (C=O) groups is 1. The Balaban J connectivity index is 1.74. The third kappa shape index (κ3) is 2.61. The van der Waals surface area contributed by atoms with Gasteiger partial charge in [0, 0.05) is 5.56 Å². The zero-order chi connectivity index (χ0) is 15.6. The molecule has 0 amide bonds. The Labute approximate surface area is 137 Å².